The molecule has 1 aliphatic heterocycles. The average molecular weight is 297 g/mol. The molecule has 0 bridgehead atoms. The van der Waals surface area contributed by atoms with Crippen molar-refractivity contribution in [2.24, 2.45) is 5.92 Å². The number of ether oxygens (including phenoxy) is 1. The van der Waals surface area contributed by atoms with E-state index in [4.69, 9.17) is 4.74 Å². The first-order chi connectivity index (χ1) is 10.7. The Kier molecular flexibility index (Phi) is 4.06. The van der Waals surface area contributed by atoms with Crippen LogP contribution >= 0.6 is 0 Å². The van der Waals surface area contributed by atoms with Gasteiger partial charge in [0.1, 0.15) is 0 Å². The summed E-state index contributed by atoms with van der Waals surface area (Å²) in [5, 5.41) is 3.71. The molecule has 0 unspecified atom stereocenters. The number of allylic oxidation sites excluding steroid dienone is 1. The van der Waals surface area contributed by atoms with Crippen LogP contribution < -0.4 is 5.32 Å². The molecule has 0 spiro atoms. The van der Waals surface area contributed by atoms with E-state index in [0.29, 0.717) is 5.92 Å². The van der Waals surface area contributed by atoms with E-state index in [2.05, 4.69) is 37.4 Å². The number of carbonyl (C=O) groups excluding carboxylic acids is 1. The van der Waals surface area contributed by atoms with Crippen LogP contribution in [0, 0.1) is 5.92 Å². The number of fused-ring (bicyclic) bond motifs is 1. The molecular formula is C19H23NO2. The van der Waals surface area contributed by atoms with Gasteiger partial charge in [0.05, 0.1) is 13.2 Å². The Balaban J connectivity index is 2.15. The largest absolute Gasteiger partial charge is 0.466 e. The summed E-state index contributed by atoms with van der Waals surface area (Å²) >= 11 is 0. The Morgan fingerprint density at radius 3 is 2.64 bits per heavy atom. The molecule has 3 heteroatoms. The van der Waals surface area contributed by atoms with Crippen molar-refractivity contribution < 1.29 is 9.53 Å². The summed E-state index contributed by atoms with van der Waals surface area (Å²) in [6.07, 6.45) is 5.07. The lowest BCUT2D eigenvalue weighted by molar-refractivity contribution is -0.134. The van der Waals surface area contributed by atoms with Gasteiger partial charge < -0.3 is 10.1 Å². The molecule has 1 fully saturated rings. The van der Waals surface area contributed by atoms with Crippen LogP contribution in [0.4, 0.5) is 0 Å². The molecule has 3 rings (SSSR count). The van der Waals surface area contributed by atoms with Gasteiger partial charge in [-0.25, -0.2) is 4.79 Å². The third-order valence-electron chi connectivity index (χ3n) is 4.68. The summed E-state index contributed by atoms with van der Waals surface area (Å²) in [6, 6.07) is 8.51. The van der Waals surface area contributed by atoms with Gasteiger partial charge in [-0.05, 0) is 35.5 Å². The molecule has 1 aliphatic carbocycles. The SMILES string of the molecule is CC[C@H](C)[C@@H]1NC(=C2CC2)c2ccccc2/C1=C/C(=O)OC. The van der Waals surface area contributed by atoms with Crippen molar-refractivity contribution >= 4 is 17.2 Å². The quantitative estimate of drug-likeness (QED) is 0.682. The van der Waals surface area contributed by atoms with Gasteiger partial charge in [0, 0.05) is 17.3 Å². The van der Waals surface area contributed by atoms with Crippen LogP contribution in [0.3, 0.4) is 0 Å². The summed E-state index contributed by atoms with van der Waals surface area (Å²) in [4.78, 5) is 11.8. The predicted molar refractivity (Wildman–Crippen MR) is 89.0 cm³/mol. The summed E-state index contributed by atoms with van der Waals surface area (Å²) in [5.74, 6) is 0.154. The minimum absolute atomic E-state index is 0.155. The zero-order chi connectivity index (χ0) is 15.7. The highest BCUT2D eigenvalue weighted by atomic mass is 16.5. The molecule has 1 saturated carbocycles. The second-order valence-corrected chi connectivity index (χ2v) is 6.15. The Morgan fingerprint density at radius 1 is 1.36 bits per heavy atom. The number of methoxy groups -OCH3 is 1. The Bertz CT molecular complexity index is 651. The maximum absolute atomic E-state index is 11.8. The van der Waals surface area contributed by atoms with Gasteiger partial charge in [-0.15, -0.1) is 0 Å². The zero-order valence-electron chi connectivity index (χ0n) is 13.5. The molecule has 1 heterocycles. The van der Waals surface area contributed by atoms with Crippen molar-refractivity contribution in [3.8, 4) is 0 Å². The van der Waals surface area contributed by atoms with Crippen molar-refractivity contribution in [3.05, 3.63) is 47.0 Å². The molecule has 2 aliphatic rings. The molecule has 0 radical (unpaired) electrons. The van der Waals surface area contributed by atoms with Gasteiger partial charge in [-0.3, -0.25) is 0 Å². The molecule has 1 N–H and O–H groups in total. The van der Waals surface area contributed by atoms with Crippen molar-refractivity contribution in [2.75, 3.05) is 7.11 Å². The smallest absolute Gasteiger partial charge is 0.330 e. The predicted octanol–water partition coefficient (Wildman–Crippen LogP) is 3.77. The monoisotopic (exact) mass is 297 g/mol. The molecule has 2 atom stereocenters. The van der Waals surface area contributed by atoms with Crippen molar-refractivity contribution in [2.45, 2.75) is 39.2 Å². The van der Waals surface area contributed by atoms with E-state index in [9.17, 15) is 4.79 Å². The number of rotatable bonds is 3. The highest BCUT2D eigenvalue weighted by molar-refractivity contribution is 5.97. The van der Waals surface area contributed by atoms with E-state index in [0.717, 1.165) is 17.6 Å². The van der Waals surface area contributed by atoms with Crippen molar-refractivity contribution in [1.82, 2.24) is 5.32 Å². The molecule has 116 valence electrons. The van der Waals surface area contributed by atoms with Crippen LogP contribution in [0.25, 0.3) is 11.3 Å². The highest BCUT2D eigenvalue weighted by Crippen LogP contribution is 2.42. The third kappa shape index (κ3) is 2.68. The van der Waals surface area contributed by atoms with E-state index in [1.807, 2.05) is 6.07 Å². The van der Waals surface area contributed by atoms with Gasteiger partial charge in [-0.1, -0.05) is 44.5 Å². The fourth-order valence-electron chi connectivity index (χ4n) is 3.07. The van der Waals surface area contributed by atoms with Crippen molar-refractivity contribution in [3.63, 3.8) is 0 Å². The number of nitrogens with one attached hydrogen (secondary N) is 1. The second-order valence-electron chi connectivity index (χ2n) is 6.15. The van der Waals surface area contributed by atoms with Gasteiger partial charge in [0.25, 0.3) is 0 Å². The van der Waals surface area contributed by atoms with Crippen LogP contribution in [0.15, 0.2) is 35.9 Å². The van der Waals surface area contributed by atoms with Gasteiger partial charge in [0.2, 0.25) is 0 Å². The van der Waals surface area contributed by atoms with Crippen LogP contribution in [-0.4, -0.2) is 19.1 Å². The lowest BCUT2D eigenvalue weighted by Gasteiger charge is -2.35. The normalized spacial score (nSPS) is 22.9. The highest BCUT2D eigenvalue weighted by Gasteiger charge is 2.33. The molecule has 22 heavy (non-hydrogen) atoms. The maximum Gasteiger partial charge on any atom is 0.330 e. The summed E-state index contributed by atoms with van der Waals surface area (Å²) in [7, 11) is 1.43. The van der Waals surface area contributed by atoms with Crippen LogP contribution in [-0.2, 0) is 9.53 Å². The van der Waals surface area contributed by atoms with E-state index in [1.165, 1.54) is 36.8 Å². The van der Waals surface area contributed by atoms with Gasteiger partial charge in [-0.2, -0.15) is 0 Å². The van der Waals surface area contributed by atoms with Crippen LogP contribution in [0.2, 0.25) is 0 Å². The standard InChI is InChI=1S/C19H23NO2/c1-4-12(2)18-16(11-17(21)22-3)14-7-5-6-8-15(14)19(20-18)13-9-10-13/h5-8,11-12,18,20H,4,9-10H2,1-3H3/b16-11-/t12-,18-/m0/s1. The number of esters is 1. The summed E-state index contributed by atoms with van der Waals surface area (Å²) in [5.41, 5.74) is 6.19. The molecule has 0 saturated heterocycles. The van der Waals surface area contributed by atoms with Crippen molar-refractivity contribution in [1.29, 1.82) is 0 Å². The average Bonchev–Trinajstić information content (AvgIpc) is 3.39. The summed E-state index contributed by atoms with van der Waals surface area (Å²) in [6.45, 7) is 4.42. The Labute approximate surface area is 132 Å². The fraction of sp³-hybridized carbons (Fsp3) is 0.421. The number of hydrogen-bond acceptors (Lipinski definition) is 3. The van der Waals surface area contributed by atoms with E-state index >= 15 is 0 Å². The molecular weight excluding hydrogens is 274 g/mol. The molecule has 0 aromatic heterocycles. The lowest BCUT2D eigenvalue weighted by Crippen LogP contribution is -2.39. The number of benzene rings is 1. The van der Waals surface area contributed by atoms with Crippen LogP contribution in [0.5, 0.6) is 0 Å². The minimum Gasteiger partial charge on any atom is -0.466 e. The third-order valence-corrected chi connectivity index (χ3v) is 4.68. The maximum atomic E-state index is 11.8. The van der Waals surface area contributed by atoms with E-state index < -0.39 is 0 Å². The fourth-order valence-corrected chi connectivity index (χ4v) is 3.07. The Morgan fingerprint density at radius 2 is 2.05 bits per heavy atom. The lowest BCUT2D eigenvalue weighted by atomic mass is 9.81. The van der Waals surface area contributed by atoms with Gasteiger partial charge >= 0.3 is 5.97 Å². The first kappa shape index (κ1) is 14.9. The zero-order valence-corrected chi connectivity index (χ0v) is 13.5. The van der Waals surface area contributed by atoms with Crippen LogP contribution in [0.1, 0.15) is 44.2 Å². The summed E-state index contributed by atoms with van der Waals surface area (Å²) < 4.78 is 4.86. The van der Waals surface area contributed by atoms with Gasteiger partial charge in [0.15, 0.2) is 0 Å². The first-order valence-corrected chi connectivity index (χ1v) is 8.03. The molecule has 0 amide bonds. The number of hydrogen-bond donors (Lipinski definition) is 1. The second kappa shape index (κ2) is 5.99. The van der Waals surface area contributed by atoms with E-state index in [1.54, 1.807) is 6.08 Å². The Hall–Kier alpha value is -2.03. The number of carbonyl (C=O) groups is 1. The minimum atomic E-state index is -0.289. The molecule has 1 aromatic carbocycles. The first-order valence-electron chi connectivity index (χ1n) is 8.03. The molecule has 1 aromatic rings. The topological polar surface area (TPSA) is 38.3 Å². The van der Waals surface area contributed by atoms with E-state index in [-0.39, 0.29) is 12.0 Å². The molecule has 3 nitrogen and oxygen atoms in total.